The van der Waals surface area contributed by atoms with Crippen LogP contribution in [0.1, 0.15) is 39.5 Å². The molecule has 2 atom stereocenters. The van der Waals surface area contributed by atoms with E-state index in [1.807, 2.05) is 4.90 Å². The van der Waals surface area contributed by atoms with Crippen molar-refractivity contribution >= 4 is 11.8 Å². The molecular formula is C14H25N3O2. The summed E-state index contributed by atoms with van der Waals surface area (Å²) in [4.78, 5) is 25.4. The molecule has 2 unspecified atom stereocenters. The van der Waals surface area contributed by atoms with Crippen LogP contribution in [0.2, 0.25) is 0 Å². The number of hydrogen-bond donors (Lipinski definition) is 2. The van der Waals surface area contributed by atoms with Crippen molar-refractivity contribution in [3.05, 3.63) is 0 Å². The van der Waals surface area contributed by atoms with Gasteiger partial charge in [-0.3, -0.25) is 9.59 Å². The Morgan fingerprint density at radius 3 is 2.89 bits per heavy atom. The highest BCUT2D eigenvalue weighted by Gasteiger charge is 2.32. The summed E-state index contributed by atoms with van der Waals surface area (Å²) in [5, 5.41) is 6.21. The predicted molar refractivity (Wildman–Crippen MR) is 73.6 cm³/mol. The summed E-state index contributed by atoms with van der Waals surface area (Å²) in [5.41, 5.74) is 0. The Balaban J connectivity index is 1.83. The molecule has 0 radical (unpaired) electrons. The molecule has 2 saturated heterocycles. The van der Waals surface area contributed by atoms with E-state index >= 15 is 0 Å². The summed E-state index contributed by atoms with van der Waals surface area (Å²) in [6.07, 6.45) is 3.39. The topological polar surface area (TPSA) is 61.4 Å². The molecule has 0 aliphatic carbocycles. The molecular weight excluding hydrogens is 242 g/mol. The SMILES string of the molecule is CC(C)NCC1CCCN(C(=O)C2CCC(=O)N2)C1. The molecule has 0 saturated carbocycles. The van der Waals surface area contributed by atoms with Crippen LogP contribution in [0.15, 0.2) is 0 Å². The lowest BCUT2D eigenvalue weighted by Gasteiger charge is -2.34. The van der Waals surface area contributed by atoms with E-state index in [0.717, 1.165) is 26.1 Å². The fourth-order valence-electron chi connectivity index (χ4n) is 2.85. The van der Waals surface area contributed by atoms with E-state index in [1.165, 1.54) is 6.42 Å². The van der Waals surface area contributed by atoms with Gasteiger partial charge in [-0.05, 0) is 31.7 Å². The molecule has 0 bridgehead atoms. The molecule has 0 aromatic rings. The van der Waals surface area contributed by atoms with Crippen molar-refractivity contribution in [2.24, 2.45) is 5.92 Å². The van der Waals surface area contributed by atoms with Gasteiger partial charge in [-0.2, -0.15) is 0 Å². The van der Waals surface area contributed by atoms with Crippen LogP contribution in [0.3, 0.4) is 0 Å². The normalized spacial score (nSPS) is 27.7. The van der Waals surface area contributed by atoms with Gasteiger partial charge in [0, 0.05) is 25.6 Å². The minimum absolute atomic E-state index is 0.00776. The van der Waals surface area contributed by atoms with E-state index in [0.29, 0.717) is 24.8 Å². The zero-order chi connectivity index (χ0) is 13.8. The molecule has 108 valence electrons. The number of amides is 2. The van der Waals surface area contributed by atoms with Gasteiger partial charge in [0.2, 0.25) is 11.8 Å². The average Bonchev–Trinajstić information content (AvgIpc) is 2.82. The third kappa shape index (κ3) is 3.93. The fourth-order valence-corrected chi connectivity index (χ4v) is 2.85. The standard InChI is InChI=1S/C14H25N3O2/c1-10(2)15-8-11-4-3-7-17(9-11)14(19)12-5-6-13(18)16-12/h10-12,15H,3-9H2,1-2H3,(H,16,18). The minimum atomic E-state index is -0.274. The van der Waals surface area contributed by atoms with Crippen LogP contribution in [0.5, 0.6) is 0 Å². The molecule has 2 rings (SSSR count). The summed E-state index contributed by atoms with van der Waals surface area (Å²) in [7, 11) is 0. The molecule has 5 nitrogen and oxygen atoms in total. The Kier molecular flexibility index (Phi) is 4.80. The average molecular weight is 267 g/mol. The molecule has 0 spiro atoms. The number of carbonyl (C=O) groups excluding carboxylic acids is 2. The molecule has 2 N–H and O–H groups in total. The lowest BCUT2D eigenvalue weighted by atomic mass is 9.97. The predicted octanol–water partition coefficient (Wildman–Crippen LogP) is 0.502. The minimum Gasteiger partial charge on any atom is -0.344 e. The van der Waals surface area contributed by atoms with Gasteiger partial charge in [-0.25, -0.2) is 0 Å². The molecule has 19 heavy (non-hydrogen) atoms. The Bertz CT molecular complexity index is 344. The Morgan fingerprint density at radius 2 is 2.26 bits per heavy atom. The van der Waals surface area contributed by atoms with E-state index in [4.69, 9.17) is 0 Å². The van der Waals surface area contributed by atoms with E-state index in [-0.39, 0.29) is 17.9 Å². The van der Waals surface area contributed by atoms with Crippen LogP contribution in [0.4, 0.5) is 0 Å². The Labute approximate surface area is 115 Å². The Morgan fingerprint density at radius 1 is 1.47 bits per heavy atom. The van der Waals surface area contributed by atoms with Gasteiger partial charge < -0.3 is 15.5 Å². The molecule has 2 heterocycles. The molecule has 2 aliphatic rings. The molecule has 5 heteroatoms. The van der Waals surface area contributed by atoms with E-state index in [1.54, 1.807) is 0 Å². The van der Waals surface area contributed by atoms with Crippen molar-refractivity contribution in [3.63, 3.8) is 0 Å². The zero-order valence-electron chi connectivity index (χ0n) is 11.9. The van der Waals surface area contributed by atoms with Crippen LogP contribution >= 0.6 is 0 Å². The van der Waals surface area contributed by atoms with Crippen LogP contribution in [0.25, 0.3) is 0 Å². The number of hydrogen-bond acceptors (Lipinski definition) is 3. The van der Waals surface area contributed by atoms with E-state index < -0.39 is 0 Å². The van der Waals surface area contributed by atoms with Crippen molar-refractivity contribution in [2.75, 3.05) is 19.6 Å². The van der Waals surface area contributed by atoms with Crippen LogP contribution < -0.4 is 10.6 Å². The van der Waals surface area contributed by atoms with Gasteiger partial charge in [0.25, 0.3) is 0 Å². The van der Waals surface area contributed by atoms with Gasteiger partial charge in [0.1, 0.15) is 6.04 Å². The molecule has 2 fully saturated rings. The first kappa shape index (κ1) is 14.3. The summed E-state index contributed by atoms with van der Waals surface area (Å²) < 4.78 is 0. The van der Waals surface area contributed by atoms with Crippen molar-refractivity contribution < 1.29 is 9.59 Å². The van der Waals surface area contributed by atoms with E-state index in [9.17, 15) is 9.59 Å². The summed E-state index contributed by atoms with van der Waals surface area (Å²) in [6.45, 7) is 6.91. The van der Waals surface area contributed by atoms with Crippen LogP contribution in [-0.2, 0) is 9.59 Å². The van der Waals surface area contributed by atoms with Gasteiger partial charge in [0.15, 0.2) is 0 Å². The van der Waals surface area contributed by atoms with Gasteiger partial charge in [-0.15, -0.1) is 0 Å². The van der Waals surface area contributed by atoms with E-state index in [2.05, 4.69) is 24.5 Å². The van der Waals surface area contributed by atoms with Gasteiger partial charge in [-0.1, -0.05) is 13.8 Å². The third-order valence-electron chi connectivity index (χ3n) is 3.94. The second-order valence-electron chi connectivity index (χ2n) is 6.01. The molecule has 2 amide bonds. The number of nitrogens with one attached hydrogen (secondary N) is 2. The molecule has 0 aromatic carbocycles. The van der Waals surface area contributed by atoms with Crippen molar-refractivity contribution in [1.29, 1.82) is 0 Å². The lowest BCUT2D eigenvalue weighted by molar-refractivity contribution is -0.136. The van der Waals surface area contributed by atoms with Gasteiger partial charge in [0.05, 0.1) is 0 Å². The van der Waals surface area contributed by atoms with Gasteiger partial charge >= 0.3 is 0 Å². The second-order valence-corrected chi connectivity index (χ2v) is 6.01. The monoisotopic (exact) mass is 267 g/mol. The number of carbonyl (C=O) groups is 2. The zero-order valence-corrected chi connectivity index (χ0v) is 11.9. The maximum Gasteiger partial charge on any atom is 0.245 e. The molecule has 2 aliphatic heterocycles. The van der Waals surface area contributed by atoms with Crippen LogP contribution in [-0.4, -0.2) is 48.4 Å². The fraction of sp³-hybridized carbons (Fsp3) is 0.857. The Hall–Kier alpha value is -1.10. The highest BCUT2D eigenvalue weighted by molar-refractivity contribution is 5.90. The smallest absolute Gasteiger partial charge is 0.245 e. The first-order valence-electron chi connectivity index (χ1n) is 7.38. The second kappa shape index (κ2) is 6.37. The third-order valence-corrected chi connectivity index (χ3v) is 3.94. The lowest BCUT2D eigenvalue weighted by Crippen LogP contribution is -2.49. The maximum absolute atomic E-state index is 12.3. The number of likely N-dealkylation sites (tertiary alicyclic amines) is 1. The highest BCUT2D eigenvalue weighted by atomic mass is 16.2. The van der Waals surface area contributed by atoms with Crippen LogP contribution in [0, 0.1) is 5.92 Å². The van der Waals surface area contributed by atoms with Crippen molar-refractivity contribution in [3.8, 4) is 0 Å². The quantitative estimate of drug-likeness (QED) is 0.780. The first-order valence-corrected chi connectivity index (χ1v) is 7.38. The number of nitrogens with zero attached hydrogens (tertiary/aromatic N) is 1. The summed E-state index contributed by atoms with van der Waals surface area (Å²) >= 11 is 0. The highest BCUT2D eigenvalue weighted by Crippen LogP contribution is 2.19. The van der Waals surface area contributed by atoms with Crippen molar-refractivity contribution in [2.45, 2.75) is 51.6 Å². The largest absolute Gasteiger partial charge is 0.344 e. The molecule has 0 aromatic heterocycles. The summed E-state index contributed by atoms with van der Waals surface area (Å²) in [5.74, 6) is 0.658. The summed E-state index contributed by atoms with van der Waals surface area (Å²) in [6, 6.07) is 0.213. The number of rotatable bonds is 4. The van der Waals surface area contributed by atoms with Crippen molar-refractivity contribution in [1.82, 2.24) is 15.5 Å². The number of piperidine rings is 1. The maximum atomic E-state index is 12.3. The first-order chi connectivity index (χ1) is 9.06.